The zero-order valence-corrected chi connectivity index (χ0v) is 34.7. The van der Waals surface area contributed by atoms with Crippen molar-refractivity contribution in [3.8, 4) is 0 Å². The Morgan fingerprint density at radius 2 is 1.00 bits per heavy atom. The van der Waals surface area contributed by atoms with Gasteiger partial charge in [-0.2, -0.15) is 0 Å². The van der Waals surface area contributed by atoms with Gasteiger partial charge in [-0.1, -0.05) is 36.4 Å². The van der Waals surface area contributed by atoms with E-state index in [1.807, 2.05) is 48.9 Å². The summed E-state index contributed by atoms with van der Waals surface area (Å²) in [6.07, 6.45) is 5.46. The van der Waals surface area contributed by atoms with Crippen LogP contribution in [0.25, 0.3) is 21.9 Å². The predicted octanol–water partition coefficient (Wildman–Crippen LogP) is 13.9. The van der Waals surface area contributed by atoms with Crippen molar-refractivity contribution in [2.75, 3.05) is 0 Å². The molecule has 6 aromatic carbocycles. The first-order valence-corrected chi connectivity index (χ1v) is 21.6. The minimum absolute atomic E-state index is 0.0391. The predicted molar refractivity (Wildman–Crippen MR) is 243 cm³/mol. The summed E-state index contributed by atoms with van der Waals surface area (Å²) >= 11 is 3.51. The molecule has 2 unspecified atom stereocenters. The van der Waals surface area contributed by atoms with Gasteiger partial charge < -0.3 is 8.83 Å². The lowest BCUT2D eigenvalue weighted by atomic mass is 9.93. The van der Waals surface area contributed by atoms with Gasteiger partial charge in [0.1, 0.15) is 11.2 Å². The maximum Gasteiger partial charge on any atom is 0.269 e. The summed E-state index contributed by atoms with van der Waals surface area (Å²) in [7, 11) is 0. The van der Waals surface area contributed by atoms with Crippen molar-refractivity contribution in [1.29, 1.82) is 0 Å². The van der Waals surface area contributed by atoms with Crippen molar-refractivity contribution in [3.63, 3.8) is 0 Å². The Kier molecular flexibility index (Phi) is 9.89. The van der Waals surface area contributed by atoms with E-state index < -0.39 is 0 Å². The van der Waals surface area contributed by atoms with Gasteiger partial charge in [0.05, 0.1) is 33.7 Å². The highest BCUT2D eigenvalue weighted by Gasteiger charge is 2.29. The Bertz CT molecular complexity index is 2900. The second-order valence-corrected chi connectivity index (χ2v) is 17.9. The molecule has 10 nitrogen and oxygen atoms in total. The Balaban J connectivity index is 1.05. The van der Waals surface area contributed by atoms with Crippen molar-refractivity contribution in [2.24, 2.45) is 9.98 Å². The average molecular weight is 841 g/mol. The van der Waals surface area contributed by atoms with Gasteiger partial charge in [-0.15, -0.1) is 23.5 Å². The van der Waals surface area contributed by atoms with Gasteiger partial charge in [-0.05, 0) is 114 Å². The molecule has 0 amide bonds. The lowest BCUT2D eigenvalue weighted by Gasteiger charge is -2.19. The Morgan fingerprint density at radius 1 is 0.590 bits per heavy atom. The quantitative estimate of drug-likeness (QED) is 0.109. The van der Waals surface area contributed by atoms with Crippen LogP contribution in [0.2, 0.25) is 0 Å². The van der Waals surface area contributed by atoms with E-state index >= 15 is 0 Å². The van der Waals surface area contributed by atoms with Crippen LogP contribution in [0.5, 0.6) is 0 Å². The van der Waals surface area contributed by atoms with Gasteiger partial charge in [-0.25, -0.2) is 0 Å². The molecule has 300 valence electrons. The molecule has 0 spiro atoms. The Morgan fingerprint density at radius 3 is 1.41 bits per heavy atom. The van der Waals surface area contributed by atoms with Gasteiger partial charge in [-0.3, -0.25) is 30.2 Å². The van der Waals surface area contributed by atoms with E-state index in [-0.39, 0.29) is 31.7 Å². The largest absolute Gasteiger partial charge is 0.464 e. The zero-order chi connectivity index (χ0) is 41.8. The third-order valence-electron chi connectivity index (χ3n) is 11.4. The number of fused-ring (bicyclic) bond motifs is 4. The Hall–Kier alpha value is -6.76. The molecule has 61 heavy (non-hydrogen) atoms. The number of benzene rings is 6. The molecule has 0 N–H and O–H groups in total. The molecule has 2 aromatic heterocycles. The van der Waals surface area contributed by atoms with Crippen molar-refractivity contribution in [3.05, 3.63) is 199 Å². The fourth-order valence-electron chi connectivity index (χ4n) is 8.30. The van der Waals surface area contributed by atoms with E-state index in [2.05, 4.69) is 50.2 Å². The van der Waals surface area contributed by atoms with Crippen LogP contribution in [-0.2, 0) is 6.42 Å². The molecule has 0 fully saturated rings. The van der Waals surface area contributed by atoms with Crippen molar-refractivity contribution in [2.45, 2.75) is 53.4 Å². The van der Waals surface area contributed by atoms with E-state index in [1.165, 1.54) is 24.3 Å². The van der Waals surface area contributed by atoms with Gasteiger partial charge >= 0.3 is 0 Å². The number of hydrogen-bond acceptors (Lipinski definition) is 10. The number of rotatable bonds is 8. The first-order valence-electron chi connectivity index (χ1n) is 19.8. The fourth-order valence-corrected chi connectivity index (χ4v) is 10.8. The van der Waals surface area contributed by atoms with Gasteiger partial charge in [0.2, 0.25) is 0 Å². The molecule has 0 saturated heterocycles. The molecule has 0 radical (unpaired) electrons. The van der Waals surface area contributed by atoms with Crippen LogP contribution in [0.1, 0.15) is 67.8 Å². The van der Waals surface area contributed by atoms with E-state index in [1.54, 1.807) is 47.8 Å². The highest BCUT2D eigenvalue weighted by atomic mass is 32.2. The Labute approximate surface area is 358 Å². The number of nitro groups is 2. The van der Waals surface area contributed by atoms with Crippen LogP contribution < -0.4 is 0 Å². The van der Waals surface area contributed by atoms with Crippen LogP contribution in [0.3, 0.4) is 0 Å². The number of nitrogens with zero attached hydrogens (tertiary/aromatic N) is 4. The number of thioether (sulfide) groups is 2. The summed E-state index contributed by atoms with van der Waals surface area (Å²) in [5, 5.41) is 24.9. The third-order valence-corrected chi connectivity index (χ3v) is 14.0. The standard InChI is InChI=1S/C49H36N4O6S2/c1-28-26-58-48-36(28)20-30(22-38(48)46-24-42(32-11-15-34(16-12-32)52(54)55)50-40-7-3-5-9-44(40)60-46)19-31-21-37-29(2)27-59-49(37)39(23-31)47-25-43(33-13-17-35(18-14-33)53(56)57)51-41-8-4-6-10-45(41)61-47/h3-18,20-23,26-27,46-47H,19,24-25H2,1-2H3. The average Bonchev–Trinajstić information content (AvgIpc) is 3.67. The second-order valence-electron chi connectivity index (χ2n) is 15.4. The molecule has 12 heteroatoms. The molecular formula is C49H36N4O6S2. The number of nitro benzene ring substituents is 2. The lowest BCUT2D eigenvalue weighted by molar-refractivity contribution is -0.385. The van der Waals surface area contributed by atoms with Crippen LogP contribution in [0.15, 0.2) is 162 Å². The van der Waals surface area contributed by atoms with E-state index in [4.69, 9.17) is 18.8 Å². The van der Waals surface area contributed by atoms with Crippen LogP contribution >= 0.6 is 23.5 Å². The molecular weight excluding hydrogens is 805 g/mol. The monoisotopic (exact) mass is 840 g/mol. The first kappa shape index (κ1) is 38.4. The maximum absolute atomic E-state index is 11.5. The molecule has 0 bridgehead atoms. The number of aliphatic imine (C=N–C) groups is 2. The number of aryl methyl sites for hydroxylation is 2. The molecule has 0 aliphatic carbocycles. The normalized spacial score (nSPS) is 16.3. The first-order chi connectivity index (χ1) is 29.6. The van der Waals surface area contributed by atoms with Gasteiger partial charge in [0.25, 0.3) is 11.4 Å². The summed E-state index contributed by atoms with van der Waals surface area (Å²) in [4.78, 5) is 34.6. The number of furan rings is 2. The van der Waals surface area contributed by atoms with Crippen molar-refractivity contribution >= 4 is 79.6 Å². The summed E-state index contributed by atoms with van der Waals surface area (Å²) in [5.41, 5.74) is 13.4. The molecule has 2 atom stereocenters. The van der Waals surface area contributed by atoms with Crippen molar-refractivity contribution in [1.82, 2.24) is 0 Å². The highest BCUT2D eigenvalue weighted by molar-refractivity contribution is 8.00. The van der Waals surface area contributed by atoms with E-state index in [0.29, 0.717) is 19.3 Å². The van der Waals surface area contributed by atoms with Crippen LogP contribution in [0, 0.1) is 34.1 Å². The number of para-hydroxylation sites is 2. The van der Waals surface area contributed by atoms with Crippen LogP contribution in [0.4, 0.5) is 22.7 Å². The molecule has 2 aliphatic heterocycles. The maximum atomic E-state index is 11.5. The third kappa shape index (κ3) is 7.42. The van der Waals surface area contributed by atoms with Gasteiger partial charge in [0, 0.05) is 90.7 Å². The lowest BCUT2D eigenvalue weighted by Crippen LogP contribution is -2.07. The highest BCUT2D eigenvalue weighted by Crippen LogP contribution is 2.50. The second kappa shape index (κ2) is 15.7. The minimum Gasteiger partial charge on any atom is -0.464 e. The summed E-state index contributed by atoms with van der Waals surface area (Å²) in [6, 6.07) is 38.5. The minimum atomic E-state index is -0.384. The van der Waals surface area contributed by atoms with E-state index in [9.17, 15) is 20.2 Å². The van der Waals surface area contributed by atoms with E-state index in [0.717, 1.165) is 99.0 Å². The molecule has 0 saturated carbocycles. The molecule has 10 rings (SSSR count). The summed E-state index contributed by atoms with van der Waals surface area (Å²) < 4.78 is 12.7. The number of hydrogen-bond donors (Lipinski definition) is 0. The molecule has 8 aromatic rings. The fraction of sp³-hybridized carbons (Fsp3) is 0.143. The van der Waals surface area contributed by atoms with Gasteiger partial charge in [0.15, 0.2) is 0 Å². The van der Waals surface area contributed by atoms with Crippen molar-refractivity contribution < 1.29 is 18.7 Å². The summed E-state index contributed by atoms with van der Waals surface area (Å²) in [5.74, 6) is 0. The molecule has 2 aliphatic rings. The SMILES string of the molecule is Cc1coc2c(C3CC(c4ccc([N+](=O)[O-])cc4)=Nc4ccccc4S3)cc(Cc3cc(C4CC(c5ccc([N+](=O)[O-])cc5)=Nc5ccccc5S4)c4occ(C)c4c3)cc12. The smallest absolute Gasteiger partial charge is 0.269 e. The zero-order valence-electron chi connectivity index (χ0n) is 33.0. The topological polar surface area (TPSA) is 137 Å². The number of non-ortho nitro benzene ring substituents is 2. The summed E-state index contributed by atoms with van der Waals surface area (Å²) in [6.45, 7) is 4.14. The van der Waals surface area contributed by atoms with Crippen LogP contribution in [-0.4, -0.2) is 21.3 Å². The molecule has 4 heterocycles.